The number of carbonyl (C=O) groups is 1. The molecule has 3 aromatic rings. The Kier molecular flexibility index (Phi) is 7.98. The summed E-state index contributed by atoms with van der Waals surface area (Å²) in [5.41, 5.74) is -0.140. The number of anilines is 2. The van der Waals surface area contributed by atoms with Crippen LogP contribution in [0.15, 0.2) is 61.1 Å². The van der Waals surface area contributed by atoms with Crippen molar-refractivity contribution < 1.29 is 26.7 Å². The van der Waals surface area contributed by atoms with Gasteiger partial charge in [-0.1, -0.05) is 6.07 Å². The van der Waals surface area contributed by atoms with Crippen molar-refractivity contribution in [3.8, 4) is 0 Å². The highest BCUT2D eigenvalue weighted by Gasteiger charge is 2.59. The average molecular weight is 521 g/mol. The molecule has 1 fully saturated rings. The Morgan fingerprint density at radius 3 is 2.43 bits per heavy atom. The Hall–Kier alpha value is -3.64. The summed E-state index contributed by atoms with van der Waals surface area (Å²) in [6, 6.07) is 9.65. The number of pyridine rings is 2. The minimum absolute atomic E-state index is 0.0980. The van der Waals surface area contributed by atoms with Crippen LogP contribution in [0.1, 0.15) is 27.0 Å². The van der Waals surface area contributed by atoms with Gasteiger partial charge in [-0.2, -0.15) is 22.0 Å². The van der Waals surface area contributed by atoms with Crippen LogP contribution >= 0.6 is 0 Å². The molecule has 1 amide bonds. The first kappa shape index (κ1) is 26.4. The summed E-state index contributed by atoms with van der Waals surface area (Å²) in [5.74, 6) is -5.33. The van der Waals surface area contributed by atoms with Crippen molar-refractivity contribution in [1.29, 1.82) is 0 Å². The van der Waals surface area contributed by atoms with Gasteiger partial charge in [0.1, 0.15) is 5.82 Å². The van der Waals surface area contributed by atoms with Crippen molar-refractivity contribution >= 4 is 17.4 Å². The summed E-state index contributed by atoms with van der Waals surface area (Å²) in [5, 5.41) is 8.79. The highest BCUT2D eigenvalue weighted by atomic mass is 19.4. The van der Waals surface area contributed by atoms with Crippen LogP contribution in [0, 0.1) is 0 Å². The smallest absolute Gasteiger partial charge is 0.365 e. The Balaban J connectivity index is 1.57. The summed E-state index contributed by atoms with van der Waals surface area (Å²) >= 11 is 0. The summed E-state index contributed by atoms with van der Waals surface area (Å²) < 4.78 is 68.3. The van der Waals surface area contributed by atoms with Crippen LogP contribution in [0.5, 0.6) is 0 Å². The predicted octanol–water partition coefficient (Wildman–Crippen LogP) is 4.40. The van der Waals surface area contributed by atoms with Gasteiger partial charge in [-0.15, -0.1) is 0 Å². The van der Waals surface area contributed by atoms with Gasteiger partial charge < -0.3 is 16.0 Å². The summed E-state index contributed by atoms with van der Waals surface area (Å²) in [7, 11) is 0. The molecule has 196 valence electrons. The molecule has 12 heteroatoms. The third kappa shape index (κ3) is 6.38. The number of nitrogens with zero attached hydrogens (tertiary/aromatic N) is 3. The molecule has 1 aliphatic heterocycles. The average Bonchev–Trinajstić information content (AvgIpc) is 2.88. The zero-order valence-electron chi connectivity index (χ0n) is 19.7. The lowest BCUT2D eigenvalue weighted by atomic mass is 9.99. The van der Waals surface area contributed by atoms with Gasteiger partial charge in [0.15, 0.2) is 0 Å². The molecule has 0 bridgehead atoms. The second kappa shape index (κ2) is 11.2. The zero-order valence-corrected chi connectivity index (χ0v) is 19.7. The molecule has 3 heterocycles. The van der Waals surface area contributed by atoms with E-state index in [-0.39, 0.29) is 29.2 Å². The van der Waals surface area contributed by atoms with Crippen LogP contribution in [0.2, 0.25) is 0 Å². The third-order valence-corrected chi connectivity index (χ3v) is 5.92. The van der Waals surface area contributed by atoms with E-state index in [1.807, 2.05) is 0 Å². The van der Waals surface area contributed by atoms with Gasteiger partial charge in [0.05, 0.1) is 5.56 Å². The molecule has 1 aliphatic rings. The lowest BCUT2D eigenvalue weighted by Crippen LogP contribution is -2.43. The number of alkyl halides is 5. The number of hydrogen-bond donors (Lipinski definition) is 3. The molecule has 0 spiro atoms. The van der Waals surface area contributed by atoms with Gasteiger partial charge in [-0.25, -0.2) is 4.98 Å². The second-order valence-corrected chi connectivity index (χ2v) is 8.53. The maximum atomic E-state index is 14.4. The number of amides is 1. The molecule has 4 rings (SSSR count). The molecular formula is C25H25F5N6O. The van der Waals surface area contributed by atoms with Crippen LogP contribution in [-0.4, -0.2) is 53.1 Å². The number of carbonyl (C=O) groups excluding carboxylic acids is 1. The number of benzene rings is 1. The lowest BCUT2D eigenvalue weighted by Gasteiger charge is -2.30. The minimum Gasteiger partial charge on any atom is -0.365 e. The van der Waals surface area contributed by atoms with Gasteiger partial charge >= 0.3 is 12.1 Å². The number of rotatable bonds is 8. The predicted molar refractivity (Wildman–Crippen MR) is 128 cm³/mol. The van der Waals surface area contributed by atoms with Crippen molar-refractivity contribution in [2.24, 2.45) is 0 Å². The van der Waals surface area contributed by atoms with E-state index in [1.54, 1.807) is 35.5 Å². The Morgan fingerprint density at radius 1 is 1.00 bits per heavy atom. The fourth-order valence-electron chi connectivity index (χ4n) is 3.99. The third-order valence-electron chi connectivity index (χ3n) is 5.92. The molecule has 0 radical (unpaired) electrons. The second-order valence-electron chi connectivity index (χ2n) is 8.53. The fourth-order valence-corrected chi connectivity index (χ4v) is 3.99. The van der Waals surface area contributed by atoms with Gasteiger partial charge in [-0.05, 0) is 47.5 Å². The monoisotopic (exact) mass is 520 g/mol. The Labute approximate surface area is 210 Å². The molecule has 0 unspecified atom stereocenters. The van der Waals surface area contributed by atoms with Crippen molar-refractivity contribution in [2.45, 2.75) is 25.2 Å². The molecule has 1 saturated heterocycles. The topological polar surface area (TPSA) is 82.2 Å². The van der Waals surface area contributed by atoms with Crippen LogP contribution in [0.3, 0.4) is 0 Å². The van der Waals surface area contributed by atoms with Crippen LogP contribution in [0.25, 0.3) is 0 Å². The summed E-state index contributed by atoms with van der Waals surface area (Å²) in [6.07, 6.45) is -0.980. The number of halogens is 5. The molecular weight excluding hydrogens is 495 g/mol. The highest BCUT2D eigenvalue weighted by molar-refractivity contribution is 6.07. The molecule has 1 aromatic carbocycles. The highest BCUT2D eigenvalue weighted by Crippen LogP contribution is 2.45. The van der Waals surface area contributed by atoms with Gasteiger partial charge in [-0.3, -0.25) is 14.7 Å². The van der Waals surface area contributed by atoms with E-state index >= 15 is 0 Å². The van der Waals surface area contributed by atoms with E-state index < -0.39 is 23.6 Å². The van der Waals surface area contributed by atoms with Crippen molar-refractivity contribution in [2.75, 3.05) is 36.8 Å². The van der Waals surface area contributed by atoms with Crippen molar-refractivity contribution in [1.82, 2.24) is 20.2 Å². The van der Waals surface area contributed by atoms with Crippen molar-refractivity contribution in [3.63, 3.8) is 0 Å². The van der Waals surface area contributed by atoms with Crippen LogP contribution in [-0.2, 0) is 19.0 Å². The van der Waals surface area contributed by atoms with Crippen molar-refractivity contribution in [3.05, 3.63) is 83.3 Å². The maximum Gasteiger partial charge on any atom is 0.458 e. The Bertz CT molecular complexity index is 1220. The first-order valence-electron chi connectivity index (χ1n) is 11.6. The van der Waals surface area contributed by atoms with E-state index in [2.05, 4.69) is 25.9 Å². The zero-order chi connectivity index (χ0) is 26.5. The normalized spacial score (nSPS) is 14.8. The number of piperazine rings is 1. The minimum atomic E-state index is -5.75. The maximum absolute atomic E-state index is 14.4. The van der Waals surface area contributed by atoms with Gasteiger partial charge in [0.2, 0.25) is 0 Å². The van der Waals surface area contributed by atoms with E-state index in [0.29, 0.717) is 32.7 Å². The summed E-state index contributed by atoms with van der Waals surface area (Å²) in [4.78, 5) is 23.0. The summed E-state index contributed by atoms with van der Waals surface area (Å²) in [6.45, 7) is 2.44. The number of nitrogens with one attached hydrogen (secondary N) is 3. The largest absolute Gasteiger partial charge is 0.458 e. The first-order chi connectivity index (χ1) is 17.6. The van der Waals surface area contributed by atoms with Gasteiger partial charge in [0, 0.05) is 69.1 Å². The van der Waals surface area contributed by atoms with E-state index in [9.17, 15) is 26.7 Å². The molecule has 37 heavy (non-hydrogen) atoms. The molecule has 3 N–H and O–H groups in total. The molecule has 0 saturated carbocycles. The quantitative estimate of drug-likeness (QED) is 0.382. The molecule has 2 aromatic heterocycles. The fraction of sp³-hybridized carbons (Fsp3) is 0.320. The van der Waals surface area contributed by atoms with Crippen LogP contribution in [0.4, 0.5) is 33.5 Å². The number of aromatic nitrogens is 2. The molecule has 0 atom stereocenters. The van der Waals surface area contributed by atoms with E-state index in [0.717, 1.165) is 17.7 Å². The molecule has 0 aliphatic carbocycles. The number of hydrogen-bond acceptors (Lipinski definition) is 6. The van der Waals surface area contributed by atoms with E-state index in [1.165, 1.54) is 18.3 Å². The van der Waals surface area contributed by atoms with Gasteiger partial charge in [0.25, 0.3) is 5.91 Å². The standard InChI is InChI=1S/C25H25F5N6O/c26-24(27,25(28,29)30)21-4-3-19(14-18(21)16-36-12-10-32-11-13-36)35-23(37)20-2-1-7-33-22(20)34-15-17-5-8-31-9-6-17/h1-9,14,32H,10-13,15-16H2,(H,33,34)(H,35,37). The first-order valence-corrected chi connectivity index (χ1v) is 11.6. The molecule has 7 nitrogen and oxygen atoms in total. The SMILES string of the molecule is O=C(Nc1ccc(C(F)(F)C(F)(F)F)c(CN2CCNCC2)c1)c1cccnc1NCc1ccncc1. The van der Waals surface area contributed by atoms with E-state index in [4.69, 9.17) is 0 Å². The van der Waals surface area contributed by atoms with Crippen LogP contribution < -0.4 is 16.0 Å². The Morgan fingerprint density at radius 2 is 1.73 bits per heavy atom. The lowest BCUT2D eigenvalue weighted by molar-refractivity contribution is -0.289.